The first-order chi connectivity index (χ1) is 15.4. The lowest BCUT2D eigenvalue weighted by Crippen LogP contribution is -2.13. The number of benzene rings is 3. The van der Waals surface area contributed by atoms with E-state index in [9.17, 15) is 14.9 Å². The molecule has 2 N–H and O–H groups in total. The van der Waals surface area contributed by atoms with Gasteiger partial charge in [-0.25, -0.2) is 4.79 Å². The lowest BCUT2D eigenvalue weighted by molar-refractivity contribution is -0.112. The fourth-order valence-corrected chi connectivity index (χ4v) is 3.08. The first kappa shape index (κ1) is 22.9. The van der Waals surface area contributed by atoms with Crippen LogP contribution in [0.1, 0.15) is 21.5 Å². The van der Waals surface area contributed by atoms with Gasteiger partial charge in [0.05, 0.1) is 21.3 Å². The standard InChI is InChI=1S/C24H16Cl2N2O4/c25-19-5-3-6-20(22(19)26)28-23(29)18(13-27)12-17-4-1-2-7-21(17)32-14-15-8-10-16(11-9-15)24(30)31/h1-12H,14H2,(H,28,29)(H,30,31)/b18-12-. The minimum Gasteiger partial charge on any atom is -0.488 e. The molecule has 3 rings (SSSR count). The van der Waals surface area contributed by atoms with Crippen molar-refractivity contribution in [2.24, 2.45) is 0 Å². The van der Waals surface area contributed by atoms with Gasteiger partial charge in [0.25, 0.3) is 5.91 Å². The molecule has 1 amide bonds. The number of carbonyl (C=O) groups excluding carboxylic acids is 1. The smallest absolute Gasteiger partial charge is 0.335 e. The molecule has 0 heterocycles. The lowest BCUT2D eigenvalue weighted by Gasteiger charge is -2.11. The summed E-state index contributed by atoms with van der Waals surface area (Å²) in [5.74, 6) is -1.19. The van der Waals surface area contributed by atoms with Crippen molar-refractivity contribution >= 4 is 46.8 Å². The number of para-hydroxylation sites is 1. The van der Waals surface area contributed by atoms with Gasteiger partial charge in [-0.05, 0) is 42.0 Å². The molecule has 0 spiro atoms. The van der Waals surface area contributed by atoms with E-state index in [2.05, 4.69) is 5.32 Å². The third-order valence-corrected chi connectivity index (χ3v) is 5.20. The van der Waals surface area contributed by atoms with E-state index >= 15 is 0 Å². The second-order valence-corrected chi connectivity index (χ2v) is 7.34. The molecule has 8 heteroatoms. The zero-order chi connectivity index (χ0) is 23.1. The quantitative estimate of drug-likeness (QED) is 0.337. The van der Waals surface area contributed by atoms with E-state index in [1.165, 1.54) is 18.2 Å². The number of rotatable bonds is 7. The minimum absolute atomic E-state index is 0.150. The van der Waals surface area contributed by atoms with Crippen LogP contribution in [0, 0.1) is 11.3 Å². The number of hydrogen-bond donors (Lipinski definition) is 2. The highest BCUT2D eigenvalue weighted by atomic mass is 35.5. The van der Waals surface area contributed by atoms with E-state index in [0.717, 1.165) is 5.56 Å². The van der Waals surface area contributed by atoms with Crippen LogP contribution in [0.5, 0.6) is 5.75 Å². The monoisotopic (exact) mass is 466 g/mol. The average Bonchev–Trinajstić information content (AvgIpc) is 2.80. The molecule has 0 fully saturated rings. The summed E-state index contributed by atoms with van der Waals surface area (Å²) in [6.07, 6.45) is 1.41. The van der Waals surface area contributed by atoms with Crippen LogP contribution in [0.25, 0.3) is 6.08 Å². The van der Waals surface area contributed by atoms with E-state index in [0.29, 0.717) is 17.0 Å². The molecule has 0 atom stereocenters. The van der Waals surface area contributed by atoms with E-state index in [1.807, 2.05) is 6.07 Å². The van der Waals surface area contributed by atoms with Crippen LogP contribution < -0.4 is 10.1 Å². The van der Waals surface area contributed by atoms with Gasteiger partial charge >= 0.3 is 5.97 Å². The molecule has 6 nitrogen and oxygen atoms in total. The van der Waals surface area contributed by atoms with Crippen LogP contribution >= 0.6 is 23.2 Å². The number of hydrogen-bond acceptors (Lipinski definition) is 4. The molecule has 0 bridgehead atoms. The number of carboxylic acid groups (broad SMARTS) is 1. The number of nitriles is 1. The minimum atomic E-state index is -1.01. The number of aromatic carboxylic acids is 1. The average molecular weight is 467 g/mol. The van der Waals surface area contributed by atoms with Crippen molar-refractivity contribution in [3.05, 3.63) is 99.0 Å². The maximum atomic E-state index is 12.6. The molecule has 0 radical (unpaired) electrons. The maximum absolute atomic E-state index is 12.6. The van der Waals surface area contributed by atoms with Crippen molar-refractivity contribution in [3.8, 4) is 11.8 Å². The summed E-state index contributed by atoms with van der Waals surface area (Å²) >= 11 is 12.1. The Kier molecular flexibility index (Phi) is 7.50. The largest absolute Gasteiger partial charge is 0.488 e. The first-order valence-corrected chi connectivity index (χ1v) is 10.1. The highest BCUT2D eigenvalue weighted by molar-refractivity contribution is 6.44. The van der Waals surface area contributed by atoms with E-state index < -0.39 is 11.9 Å². The second kappa shape index (κ2) is 10.5. The van der Waals surface area contributed by atoms with Crippen molar-refractivity contribution in [1.82, 2.24) is 0 Å². The van der Waals surface area contributed by atoms with Gasteiger partial charge in [0.15, 0.2) is 0 Å². The lowest BCUT2D eigenvalue weighted by atomic mass is 10.1. The Morgan fingerprint density at radius 1 is 1.03 bits per heavy atom. The molecule has 0 saturated carbocycles. The molecule has 0 unspecified atom stereocenters. The Morgan fingerprint density at radius 2 is 1.75 bits per heavy atom. The van der Waals surface area contributed by atoms with Gasteiger partial charge in [0.2, 0.25) is 0 Å². The molecular formula is C24H16Cl2N2O4. The molecule has 32 heavy (non-hydrogen) atoms. The molecule has 0 aliphatic heterocycles. The van der Waals surface area contributed by atoms with Gasteiger partial charge in [0, 0.05) is 5.56 Å². The Morgan fingerprint density at radius 3 is 2.44 bits per heavy atom. The van der Waals surface area contributed by atoms with E-state index in [4.69, 9.17) is 33.0 Å². The molecular weight excluding hydrogens is 451 g/mol. The number of carboxylic acids is 1. The Hall–Kier alpha value is -3.79. The first-order valence-electron chi connectivity index (χ1n) is 9.30. The van der Waals surface area contributed by atoms with Crippen LogP contribution in [0.4, 0.5) is 5.69 Å². The molecule has 0 aromatic heterocycles. The predicted molar refractivity (Wildman–Crippen MR) is 123 cm³/mol. The number of amides is 1. The SMILES string of the molecule is N#C/C(=C/c1ccccc1OCc1ccc(C(=O)O)cc1)C(=O)Nc1cccc(Cl)c1Cl. The molecule has 0 aliphatic carbocycles. The van der Waals surface area contributed by atoms with Gasteiger partial charge in [-0.3, -0.25) is 4.79 Å². The molecule has 3 aromatic rings. The molecule has 160 valence electrons. The van der Waals surface area contributed by atoms with Crippen molar-refractivity contribution in [2.75, 3.05) is 5.32 Å². The predicted octanol–water partition coefficient (Wildman–Crippen LogP) is 5.82. The number of anilines is 1. The fraction of sp³-hybridized carbons (Fsp3) is 0.0417. The van der Waals surface area contributed by atoms with Gasteiger partial charge in [-0.15, -0.1) is 0 Å². The number of halogens is 2. The summed E-state index contributed by atoms with van der Waals surface area (Å²) in [7, 11) is 0. The highest BCUT2D eigenvalue weighted by Crippen LogP contribution is 2.30. The molecule has 0 aliphatic rings. The Labute approximate surface area is 194 Å². The fourth-order valence-electron chi connectivity index (χ4n) is 2.73. The third kappa shape index (κ3) is 5.67. The van der Waals surface area contributed by atoms with E-state index in [-0.39, 0.29) is 27.8 Å². The highest BCUT2D eigenvalue weighted by Gasteiger charge is 2.14. The summed E-state index contributed by atoms with van der Waals surface area (Å²) in [6, 6.07) is 19.9. The molecule has 0 saturated heterocycles. The number of ether oxygens (including phenoxy) is 1. The van der Waals surface area contributed by atoms with Crippen LogP contribution in [0.15, 0.2) is 72.3 Å². The zero-order valence-electron chi connectivity index (χ0n) is 16.5. The van der Waals surface area contributed by atoms with Gasteiger partial charge in [-0.2, -0.15) is 5.26 Å². The number of nitrogens with one attached hydrogen (secondary N) is 1. The normalized spacial score (nSPS) is 10.8. The summed E-state index contributed by atoms with van der Waals surface area (Å²) in [6.45, 7) is 0.178. The zero-order valence-corrected chi connectivity index (χ0v) is 18.0. The van der Waals surface area contributed by atoms with Gasteiger partial charge in [0.1, 0.15) is 24.0 Å². The van der Waals surface area contributed by atoms with Crippen molar-refractivity contribution in [2.45, 2.75) is 6.61 Å². The molecule has 3 aromatic carbocycles. The summed E-state index contributed by atoms with van der Waals surface area (Å²) < 4.78 is 5.83. The topological polar surface area (TPSA) is 99.4 Å². The van der Waals surface area contributed by atoms with Gasteiger partial charge in [-0.1, -0.05) is 59.6 Å². The second-order valence-electron chi connectivity index (χ2n) is 6.55. The number of carbonyl (C=O) groups is 2. The number of nitrogens with zero attached hydrogens (tertiary/aromatic N) is 1. The Balaban J connectivity index is 1.78. The Bertz CT molecular complexity index is 1230. The third-order valence-electron chi connectivity index (χ3n) is 4.38. The van der Waals surface area contributed by atoms with Crippen LogP contribution in [-0.2, 0) is 11.4 Å². The van der Waals surface area contributed by atoms with Crippen LogP contribution in [0.3, 0.4) is 0 Å². The van der Waals surface area contributed by atoms with Crippen molar-refractivity contribution in [1.29, 1.82) is 5.26 Å². The van der Waals surface area contributed by atoms with Crippen LogP contribution in [-0.4, -0.2) is 17.0 Å². The summed E-state index contributed by atoms with van der Waals surface area (Å²) in [5.41, 5.74) is 1.62. The van der Waals surface area contributed by atoms with Crippen LogP contribution in [0.2, 0.25) is 10.0 Å². The summed E-state index contributed by atoms with van der Waals surface area (Å²) in [5, 5.41) is 21.5. The maximum Gasteiger partial charge on any atom is 0.335 e. The van der Waals surface area contributed by atoms with Crippen molar-refractivity contribution < 1.29 is 19.4 Å². The van der Waals surface area contributed by atoms with E-state index in [1.54, 1.807) is 54.6 Å². The van der Waals surface area contributed by atoms with Crippen molar-refractivity contribution in [3.63, 3.8) is 0 Å². The van der Waals surface area contributed by atoms with Gasteiger partial charge < -0.3 is 15.2 Å². The summed E-state index contributed by atoms with van der Waals surface area (Å²) in [4.78, 5) is 23.6.